The molecule has 0 bridgehead atoms. The Hall–Kier alpha value is -0.440. The van der Waals surface area contributed by atoms with E-state index in [2.05, 4.69) is 20.8 Å². The average Bonchev–Trinajstić information content (AvgIpc) is 2.33. The minimum absolute atomic E-state index is 0.0349. The maximum Gasteiger partial charge on any atom is 0.310 e. The molecule has 0 rings (SSSR count). The van der Waals surface area contributed by atoms with E-state index in [1.807, 2.05) is 6.92 Å². The van der Waals surface area contributed by atoms with Crippen molar-refractivity contribution in [3.63, 3.8) is 0 Å². The number of ether oxygens (including phenoxy) is 1. The summed E-state index contributed by atoms with van der Waals surface area (Å²) in [6, 6.07) is 0. The highest BCUT2D eigenvalue weighted by Gasteiger charge is 2.25. The smallest absolute Gasteiger partial charge is 0.310 e. The maximum absolute atomic E-state index is 11.4. The Bertz CT molecular complexity index is 272. The van der Waals surface area contributed by atoms with Crippen LogP contribution in [0.15, 0.2) is 0 Å². The predicted molar refractivity (Wildman–Crippen MR) is 85.6 cm³/mol. The number of carbonyl (C=O) groups is 1. The lowest BCUT2D eigenvalue weighted by atomic mass is 9.82. The van der Waals surface area contributed by atoms with E-state index < -0.39 is 0 Å². The van der Waals surface area contributed by atoms with Gasteiger partial charge in [-0.1, -0.05) is 71.5 Å². The Kier molecular flexibility index (Phi) is 10.1. The largest absolute Gasteiger partial charge is 0.466 e. The first-order chi connectivity index (χ1) is 8.94. The summed E-state index contributed by atoms with van der Waals surface area (Å²) in [7, 11) is 0. The van der Waals surface area contributed by atoms with Gasteiger partial charge in [0.15, 0.2) is 0 Å². The van der Waals surface area contributed by atoms with Crippen LogP contribution in [0.1, 0.15) is 79.1 Å². The molecule has 112 valence electrons. The Labute approximate surface area is 124 Å². The zero-order chi connectivity index (χ0) is 14.7. The van der Waals surface area contributed by atoms with Gasteiger partial charge in [-0.15, -0.1) is 0 Å². The van der Waals surface area contributed by atoms with E-state index in [0.29, 0.717) is 6.61 Å². The van der Waals surface area contributed by atoms with E-state index in [0.717, 1.165) is 11.3 Å². The average molecular weight is 286 g/mol. The molecule has 19 heavy (non-hydrogen) atoms. The molecule has 3 heteroatoms. The Morgan fingerprint density at radius 3 is 2.21 bits per heavy atom. The van der Waals surface area contributed by atoms with Crippen molar-refractivity contribution in [3.05, 3.63) is 0 Å². The molecule has 0 aliphatic heterocycles. The third-order valence-corrected chi connectivity index (χ3v) is 4.22. The maximum atomic E-state index is 11.4. The summed E-state index contributed by atoms with van der Waals surface area (Å²) in [5.74, 6) is -0.191. The number of unbranched alkanes of at least 4 members (excludes halogenated alkanes) is 5. The predicted octanol–water partition coefficient (Wildman–Crippen LogP) is 5.09. The molecule has 0 aliphatic carbocycles. The van der Waals surface area contributed by atoms with Gasteiger partial charge in [0.2, 0.25) is 0 Å². The van der Waals surface area contributed by atoms with Crippen molar-refractivity contribution < 1.29 is 9.53 Å². The fourth-order valence-corrected chi connectivity index (χ4v) is 2.29. The SMILES string of the molecule is CCCCCCCCC(C)(C)C(=S)CC(=O)OCC. The van der Waals surface area contributed by atoms with Crippen LogP contribution in [0, 0.1) is 5.41 Å². The van der Waals surface area contributed by atoms with Gasteiger partial charge in [0.1, 0.15) is 0 Å². The van der Waals surface area contributed by atoms with E-state index in [9.17, 15) is 4.79 Å². The van der Waals surface area contributed by atoms with Crippen LogP contribution in [0.25, 0.3) is 0 Å². The number of carbonyl (C=O) groups excluding carboxylic acids is 1. The summed E-state index contributed by atoms with van der Waals surface area (Å²) >= 11 is 5.40. The van der Waals surface area contributed by atoms with Crippen LogP contribution >= 0.6 is 12.2 Å². The van der Waals surface area contributed by atoms with E-state index >= 15 is 0 Å². The van der Waals surface area contributed by atoms with Crippen LogP contribution in [0.4, 0.5) is 0 Å². The summed E-state index contributed by atoms with van der Waals surface area (Å²) in [5, 5.41) is 0. The quantitative estimate of drug-likeness (QED) is 0.301. The number of hydrogen-bond acceptors (Lipinski definition) is 3. The molecule has 0 spiro atoms. The molecule has 0 radical (unpaired) electrons. The Morgan fingerprint density at radius 2 is 1.63 bits per heavy atom. The first-order valence-corrected chi connectivity index (χ1v) is 8.03. The summed E-state index contributed by atoms with van der Waals surface area (Å²) in [4.78, 5) is 12.3. The normalized spacial score (nSPS) is 11.4. The topological polar surface area (TPSA) is 26.3 Å². The Balaban J connectivity index is 3.88. The molecular formula is C16H30O2S. The summed E-state index contributed by atoms with van der Waals surface area (Å²) in [5.41, 5.74) is -0.0349. The molecular weight excluding hydrogens is 256 g/mol. The molecule has 0 saturated carbocycles. The molecule has 0 aromatic heterocycles. The molecule has 0 saturated heterocycles. The molecule has 0 heterocycles. The zero-order valence-electron chi connectivity index (χ0n) is 13.1. The Morgan fingerprint density at radius 1 is 1.05 bits per heavy atom. The van der Waals surface area contributed by atoms with Gasteiger partial charge < -0.3 is 4.74 Å². The molecule has 0 aliphatic rings. The summed E-state index contributed by atoms with van der Waals surface area (Å²) in [6.45, 7) is 8.76. The highest BCUT2D eigenvalue weighted by molar-refractivity contribution is 7.80. The molecule has 0 atom stereocenters. The summed E-state index contributed by atoms with van der Waals surface area (Å²) in [6.07, 6.45) is 9.09. The number of rotatable bonds is 11. The van der Waals surface area contributed by atoms with Crippen molar-refractivity contribution in [2.24, 2.45) is 5.41 Å². The first kappa shape index (κ1) is 18.6. The van der Waals surface area contributed by atoms with Crippen molar-refractivity contribution >= 4 is 23.1 Å². The van der Waals surface area contributed by atoms with Crippen LogP contribution in [0.2, 0.25) is 0 Å². The minimum atomic E-state index is -0.191. The van der Waals surface area contributed by atoms with Gasteiger partial charge in [-0.3, -0.25) is 4.79 Å². The zero-order valence-corrected chi connectivity index (χ0v) is 13.9. The van der Waals surface area contributed by atoms with Crippen molar-refractivity contribution in [2.75, 3.05) is 6.61 Å². The van der Waals surface area contributed by atoms with Crippen LogP contribution in [0.3, 0.4) is 0 Å². The molecule has 0 amide bonds. The molecule has 0 fully saturated rings. The van der Waals surface area contributed by atoms with Gasteiger partial charge in [-0.05, 0) is 18.8 Å². The van der Waals surface area contributed by atoms with Crippen molar-refractivity contribution in [2.45, 2.75) is 79.1 Å². The van der Waals surface area contributed by atoms with Gasteiger partial charge in [-0.25, -0.2) is 0 Å². The van der Waals surface area contributed by atoms with Crippen molar-refractivity contribution in [3.8, 4) is 0 Å². The van der Waals surface area contributed by atoms with Crippen molar-refractivity contribution in [1.82, 2.24) is 0 Å². The fraction of sp³-hybridized carbons (Fsp3) is 0.875. The molecule has 0 aromatic carbocycles. The fourth-order valence-electron chi connectivity index (χ4n) is 2.07. The third-order valence-electron chi connectivity index (χ3n) is 3.52. The molecule has 0 unspecified atom stereocenters. The van der Waals surface area contributed by atoms with Crippen LogP contribution in [0.5, 0.6) is 0 Å². The molecule has 0 aromatic rings. The lowest BCUT2D eigenvalue weighted by molar-refractivity contribution is -0.141. The van der Waals surface area contributed by atoms with Crippen LogP contribution < -0.4 is 0 Å². The van der Waals surface area contributed by atoms with Gasteiger partial charge in [0.05, 0.1) is 13.0 Å². The van der Waals surface area contributed by atoms with E-state index in [1.165, 1.54) is 38.5 Å². The molecule has 0 N–H and O–H groups in total. The number of thiocarbonyl (C=S) groups is 1. The lowest BCUT2D eigenvalue weighted by Crippen LogP contribution is -2.25. The monoisotopic (exact) mass is 286 g/mol. The lowest BCUT2D eigenvalue weighted by Gasteiger charge is -2.25. The first-order valence-electron chi connectivity index (χ1n) is 7.63. The number of hydrogen-bond donors (Lipinski definition) is 0. The second kappa shape index (κ2) is 10.4. The van der Waals surface area contributed by atoms with Crippen molar-refractivity contribution in [1.29, 1.82) is 0 Å². The second-order valence-corrected chi connectivity index (χ2v) is 6.30. The van der Waals surface area contributed by atoms with Crippen LogP contribution in [-0.4, -0.2) is 17.4 Å². The summed E-state index contributed by atoms with van der Waals surface area (Å²) < 4.78 is 4.95. The highest BCUT2D eigenvalue weighted by atomic mass is 32.1. The number of esters is 1. The van der Waals surface area contributed by atoms with Gasteiger partial charge in [-0.2, -0.15) is 0 Å². The van der Waals surface area contributed by atoms with E-state index in [4.69, 9.17) is 17.0 Å². The van der Waals surface area contributed by atoms with Gasteiger partial charge in [0.25, 0.3) is 0 Å². The van der Waals surface area contributed by atoms with Crippen LogP contribution in [-0.2, 0) is 9.53 Å². The van der Waals surface area contributed by atoms with Gasteiger partial charge in [0, 0.05) is 4.86 Å². The van der Waals surface area contributed by atoms with E-state index in [1.54, 1.807) is 0 Å². The van der Waals surface area contributed by atoms with E-state index in [-0.39, 0.29) is 17.8 Å². The second-order valence-electron chi connectivity index (χ2n) is 5.81. The third kappa shape index (κ3) is 9.15. The molecule has 2 nitrogen and oxygen atoms in total. The minimum Gasteiger partial charge on any atom is -0.466 e. The standard InChI is InChI=1S/C16H30O2S/c1-5-7-8-9-10-11-12-16(3,4)14(19)13-15(17)18-6-2/h5-13H2,1-4H3. The highest BCUT2D eigenvalue weighted by Crippen LogP contribution is 2.28. The van der Waals surface area contributed by atoms with Gasteiger partial charge >= 0.3 is 5.97 Å².